The molecule has 0 spiro atoms. The van der Waals surface area contributed by atoms with Gasteiger partial charge in [-0.2, -0.15) is 0 Å². The van der Waals surface area contributed by atoms with Crippen LogP contribution in [0.3, 0.4) is 0 Å². The molecule has 1 N–H and O–H groups in total. The van der Waals surface area contributed by atoms with E-state index in [9.17, 15) is 0 Å². The van der Waals surface area contributed by atoms with Gasteiger partial charge in [-0.15, -0.1) is 11.3 Å². The van der Waals surface area contributed by atoms with Crippen LogP contribution in [0.5, 0.6) is 0 Å². The normalized spacial score (nSPS) is 30.6. The molecule has 0 bridgehead atoms. The highest BCUT2D eigenvalue weighted by molar-refractivity contribution is 7.10. The third-order valence-electron chi connectivity index (χ3n) is 2.84. The molecule has 1 aliphatic rings. The standard InChI is InChI=1S/C10H16N2S/c1-8-6-11-7-9(12(8)2)10-4-3-5-13-10/h3-5,8-9,11H,6-7H2,1-2H3/t8-,9?/m1/s1. The Bertz CT molecular complexity index is 258. The molecule has 1 unspecified atom stereocenters. The minimum Gasteiger partial charge on any atom is -0.313 e. The van der Waals surface area contributed by atoms with Gasteiger partial charge in [0.05, 0.1) is 6.04 Å². The molecule has 1 aromatic heterocycles. The van der Waals surface area contributed by atoms with E-state index in [4.69, 9.17) is 0 Å². The first-order valence-corrected chi connectivity index (χ1v) is 5.63. The van der Waals surface area contributed by atoms with Crippen LogP contribution < -0.4 is 5.32 Å². The molecular formula is C10H16N2S. The van der Waals surface area contributed by atoms with Gasteiger partial charge in [-0.3, -0.25) is 4.90 Å². The van der Waals surface area contributed by atoms with Crippen molar-refractivity contribution in [3.8, 4) is 0 Å². The molecule has 0 aromatic carbocycles. The van der Waals surface area contributed by atoms with Crippen LogP contribution in [0.4, 0.5) is 0 Å². The first-order chi connectivity index (χ1) is 6.29. The average molecular weight is 196 g/mol. The van der Waals surface area contributed by atoms with Gasteiger partial charge < -0.3 is 5.32 Å². The third kappa shape index (κ3) is 1.77. The van der Waals surface area contributed by atoms with Crippen molar-refractivity contribution in [2.24, 2.45) is 0 Å². The molecule has 1 aliphatic heterocycles. The zero-order valence-corrected chi connectivity index (χ0v) is 8.97. The second kappa shape index (κ2) is 3.78. The van der Waals surface area contributed by atoms with E-state index >= 15 is 0 Å². The van der Waals surface area contributed by atoms with E-state index in [0.29, 0.717) is 12.1 Å². The Hall–Kier alpha value is -0.380. The van der Waals surface area contributed by atoms with Gasteiger partial charge in [-0.25, -0.2) is 0 Å². The number of rotatable bonds is 1. The lowest BCUT2D eigenvalue weighted by molar-refractivity contribution is 0.144. The summed E-state index contributed by atoms with van der Waals surface area (Å²) >= 11 is 1.85. The van der Waals surface area contributed by atoms with Crippen molar-refractivity contribution in [2.45, 2.75) is 19.0 Å². The topological polar surface area (TPSA) is 15.3 Å². The predicted molar refractivity (Wildman–Crippen MR) is 57.2 cm³/mol. The molecule has 13 heavy (non-hydrogen) atoms. The Morgan fingerprint density at radius 3 is 3.08 bits per heavy atom. The summed E-state index contributed by atoms with van der Waals surface area (Å²) in [6, 6.07) is 5.57. The van der Waals surface area contributed by atoms with Gasteiger partial charge in [0.25, 0.3) is 0 Å². The SMILES string of the molecule is C[C@@H]1CNCC(c2cccs2)N1C. The first-order valence-electron chi connectivity index (χ1n) is 4.75. The summed E-state index contributed by atoms with van der Waals surface area (Å²) in [5, 5.41) is 5.62. The molecule has 72 valence electrons. The Morgan fingerprint density at radius 2 is 2.38 bits per heavy atom. The zero-order valence-electron chi connectivity index (χ0n) is 8.16. The molecule has 1 aromatic rings. The van der Waals surface area contributed by atoms with Crippen molar-refractivity contribution in [3.05, 3.63) is 22.4 Å². The van der Waals surface area contributed by atoms with Gasteiger partial charge >= 0.3 is 0 Å². The summed E-state index contributed by atoms with van der Waals surface area (Å²) in [6.07, 6.45) is 0. The smallest absolute Gasteiger partial charge is 0.0566 e. The molecular weight excluding hydrogens is 180 g/mol. The molecule has 1 saturated heterocycles. The van der Waals surface area contributed by atoms with E-state index in [2.05, 4.69) is 41.7 Å². The second-order valence-electron chi connectivity index (χ2n) is 3.70. The van der Waals surface area contributed by atoms with Gasteiger partial charge in [-0.05, 0) is 25.4 Å². The minimum absolute atomic E-state index is 0.573. The summed E-state index contributed by atoms with van der Waals surface area (Å²) in [4.78, 5) is 3.93. The average Bonchev–Trinajstić information content (AvgIpc) is 2.62. The predicted octanol–water partition coefficient (Wildman–Crippen LogP) is 1.71. The van der Waals surface area contributed by atoms with Crippen molar-refractivity contribution in [3.63, 3.8) is 0 Å². The van der Waals surface area contributed by atoms with Gasteiger partial charge in [0, 0.05) is 24.0 Å². The summed E-state index contributed by atoms with van der Waals surface area (Å²) in [7, 11) is 2.22. The largest absolute Gasteiger partial charge is 0.313 e. The van der Waals surface area contributed by atoms with E-state index < -0.39 is 0 Å². The Morgan fingerprint density at radius 1 is 1.54 bits per heavy atom. The monoisotopic (exact) mass is 196 g/mol. The van der Waals surface area contributed by atoms with Crippen molar-refractivity contribution in [1.82, 2.24) is 10.2 Å². The fourth-order valence-corrected chi connectivity index (χ4v) is 2.68. The van der Waals surface area contributed by atoms with Gasteiger partial charge in [0.2, 0.25) is 0 Å². The number of piperazine rings is 1. The van der Waals surface area contributed by atoms with E-state index in [1.54, 1.807) is 0 Å². The number of thiophene rings is 1. The fraction of sp³-hybridized carbons (Fsp3) is 0.600. The lowest BCUT2D eigenvalue weighted by Gasteiger charge is -2.37. The van der Waals surface area contributed by atoms with Gasteiger partial charge in [0.1, 0.15) is 0 Å². The molecule has 2 rings (SSSR count). The lowest BCUT2D eigenvalue weighted by Crippen LogP contribution is -2.49. The highest BCUT2D eigenvalue weighted by Gasteiger charge is 2.25. The molecule has 0 aliphatic carbocycles. The molecule has 2 atom stereocenters. The van der Waals surface area contributed by atoms with Crippen LogP contribution in [-0.4, -0.2) is 31.1 Å². The molecule has 2 nitrogen and oxygen atoms in total. The van der Waals surface area contributed by atoms with Crippen molar-refractivity contribution >= 4 is 11.3 Å². The van der Waals surface area contributed by atoms with E-state index in [-0.39, 0.29) is 0 Å². The van der Waals surface area contributed by atoms with Crippen molar-refractivity contribution in [1.29, 1.82) is 0 Å². The number of hydrogen-bond donors (Lipinski definition) is 1. The van der Waals surface area contributed by atoms with Crippen molar-refractivity contribution < 1.29 is 0 Å². The van der Waals surface area contributed by atoms with E-state index in [1.165, 1.54) is 4.88 Å². The van der Waals surface area contributed by atoms with E-state index in [1.807, 2.05) is 11.3 Å². The van der Waals surface area contributed by atoms with Crippen LogP contribution in [0.2, 0.25) is 0 Å². The number of likely N-dealkylation sites (N-methyl/N-ethyl adjacent to an activating group) is 1. The molecule has 2 heterocycles. The quantitative estimate of drug-likeness (QED) is 0.735. The maximum absolute atomic E-state index is 3.47. The minimum atomic E-state index is 0.573. The second-order valence-corrected chi connectivity index (χ2v) is 4.68. The third-order valence-corrected chi connectivity index (χ3v) is 3.81. The van der Waals surface area contributed by atoms with Gasteiger partial charge in [0.15, 0.2) is 0 Å². The number of nitrogens with zero attached hydrogens (tertiary/aromatic N) is 1. The molecule has 1 fully saturated rings. The lowest BCUT2D eigenvalue weighted by atomic mass is 10.1. The summed E-state index contributed by atoms with van der Waals surface area (Å²) < 4.78 is 0. The molecule has 0 amide bonds. The van der Waals surface area contributed by atoms with E-state index in [0.717, 1.165) is 13.1 Å². The van der Waals surface area contributed by atoms with Crippen LogP contribution in [0.15, 0.2) is 17.5 Å². The van der Waals surface area contributed by atoms with Crippen LogP contribution in [0, 0.1) is 0 Å². The highest BCUT2D eigenvalue weighted by Crippen LogP contribution is 2.26. The maximum Gasteiger partial charge on any atom is 0.0566 e. The fourth-order valence-electron chi connectivity index (χ4n) is 1.81. The highest BCUT2D eigenvalue weighted by atomic mass is 32.1. The summed E-state index contributed by atoms with van der Waals surface area (Å²) in [5.74, 6) is 0. The molecule has 3 heteroatoms. The first kappa shape index (κ1) is 9.19. The summed E-state index contributed by atoms with van der Waals surface area (Å²) in [5.41, 5.74) is 0. The number of nitrogens with one attached hydrogen (secondary N) is 1. The Labute approximate surface area is 83.6 Å². The molecule has 0 radical (unpaired) electrons. The van der Waals surface area contributed by atoms with Crippen LogP contribution >= 0.6 is 11.3 Å². The van der Waals surface area contributed by atoms with Crippen LogP contribution in [-0.2, 0) is 0 Å². The van der Waals surface area contributed by atoms with Crippen LogP contribution in [0.25, 0.3) is 0 Å². The summed E-state index contributed by atoms with van der Waals surface area (Å²) in [6.45, 7) is 4.46. The Kier molecular flexibility index (Phi) is 2.67. The van der Waals surface area contributed by atoms with Gasteiger partial charge in [-0.1, -0.05) is 6.07 Å². The maximum atomic E-state index is 3.47. The Balaban J connectivity index is 2.14. The van der Waals surface area contributed by atoms with Crippen molar-refractivity contribution in [2.75, 3.05) is 20.1 Å². The molecule has 0 saturated carbocycles. The van der Waals surface area contributed by atoms with Crippen LogP contribution in [0.1, 0.15) is 17.8 Å². The zero-order chi connectivity index (χ0) is 9.26. The number of hydrogen-bond acceptors (Lipinski definition) is 3.